The topological polar surface area (TPSA) is 86.8 Å². The normalized spacial score (nSPS) is 14.3. The first-order valence-corrected chi connectivity index (χ1v) is 18.7. The Labute approximate surface area is 310 Å². The molecule has 14 heteroatoms. The highest BCUT2D eigenvalue weighted by molar-refractivity contribution is 7.92. The third-order valence-corrected chi connectivity index (χ3v) is 11.6. The summed E-state index contributed by atoms with van der Waals surface area (Å²) in [6, 6.07) is 20.8. The molecule has 1 N–H and O–H groups in total. The van der Waals surface area contributed by atoms with E-state index in [0.29, 0.717) is 15.9 Å². The van der Waals surface area contributed by atoms with Crippen molar-refractivity contribution in [3.8, 4) is 0 Å². The number of alkyl halides is 3. The second kappa shape index (κ2) is 16.3. The minimum absolute atomic E-state index is 0.0658. The number of aryl methyl sites for hydroxylation is 1. The number of hydrogen-bond acceptors (Lipinski definition) is 4. The predicted octanol–water partition coefficient (Wildman–Crippen LogP) is 8.87. The number of sulfonamides is 1. The molecule has 1 unspecified atom stereocenters. The number of carbonyl (C=O) groups excluding carboxylic acids is 2. The Bertz CT molecular complexity index is 1970. The number of halogens is 6. The molecule has 270 valence electrons. The number of benzene rings is 4. The van der Waals surface area contributed by atoms with Crippen molar-refractivity contribution in [2.45, 2.75) is 68.7 Å². The minimum atomic E-state index is -4.92. The summed E-state index contributed by atoms with van der Waals surface area (Å²) in [4.78, 5) is 29.8. The molecule has 0 aromatic heterocycles. The van der Waals surface area contributed by atoms with Crippen molar-refractivity contribution >= 4 is 62.3 Å². The van der Waals surface area contributed by atoms with Gasteiger partial charge in [-0.2, -0.15) is 13.2 Å². The van der Waals surface area contributed by atoms with E-state index in [0.717, 1.165) is 48.9 Å². The number of amides is 2. The molecule has 1 aliphatic rings. The lowest BCUT2D eigenvalue weighted by Gasteiger charge is -2.34. The Morgan fingerprint density at radius 1 is 0.843 bits per heavy atom. The summed E-state index contributed by atoms with van der Waals surface area (Å²) in [5, 5.41) is 2.88. The lowest BCUT2D eigenvalue weighted by molar-refractivity contribution is -0.140. The number of hydrogen-bond donors (Lipinski definition) is 1. The monoisotopic (exact) mass is 779 g/mol. The molecule has 5 rings (SSSR count). The number of anilines is 1. The van der Waals surface area contributed by atoms with E-state index in [1.165, 1.54) is 41.3 Å². The van der Waals surface area contributed by atoms with E-state index in [4.69, 9.17) is 34.8 Å². The van der Waals surface area contributed by atoms with E-state index in [9.17, 15) is 31.2 Å². The van der Waals surface area contributed by atoms with E-state index in [1.807, 2.05) is 6.07 Å². The molecule has 0 spiro atoms. The Hall–Kier alpha value is -3.77. The van der Waals surface area contributed by atoms with E-state index in [1.54, 1.807) is 37.3 Å². The average molecular weight is 781 g/mol. The quantitative estimate of drug-likeness (QED) is 0.156. The maximum atomic E-state index is 14.7. The van der Waals surface area contributed by atoms with Crippen LogP contribution in [-0.4, -0.2) is 43.8 Å². The molecule has 0 heterocycles. The molecule has 1 atom stereocenters. The van der Waals surface area contributed by atoms with Crippen LogP contribution in [0, 0.1) is 6.92 Å². The summed E-state index contributed by atoms with van der Waals surface area (Å²) < 4.78 is 71.2. The summed E-state index contributed by atoms with van der Waals surface area (Å²) in [5.41, 5.74) is 0.247. The maximum absolute atomic E-state index is 14.7. The highest BCUT2D eigenvalue weighted by Crippen LogP contribution is 2.38. The highest BCUT2D eigenvalue weighted by Gasteiger charge is 2.38. The molecule has 1 aliphatic carbocycles. The van der Waals surface area contributed by atoms with Crippen LogP contribution in [-0.2, 0) is 38.8 Å². The summed E-state index contributed by atoms with van der Waals surface area (Å²) >= 11 is 18.4. The Balaban J connectivity index is 1.62. The first-order valence-electron chi connectivity index (χ1n) is 16.2. The Morgan fingerprint density at radius 3 is 2.12 bits per heavy atom. The second-order valence-corrected chi connectivity index (χ2v) is 15.5. The van der Waals surface area contributed by atoms with Crippen LogP contribution in [0.2, 0.25) is 15.1 Å². The molecule has 2 amide bonds. The van der Waals surface area contributed by atoms with Crippen LogP contribution < -0.4 is 9.62 Å². The van der Waals surface area contributed by atoms with Crippen LogP contribution in [0.5, 0.6) is 0 Å². The third-order valence-electron chi connectivity index (χ3n) is 8.74. The fourth-order valence-electron chi connectivity index (χ4n) is 6.01. The largest absolute Gasteiger partial charge is 0.417 e. The molecule has 0 aliphatic heterocycles. The van der Waals surface area contributed by atoms with Gasteiger partial charge in [0.1, 0.15) is 12.6 Å². The second-order valence-electron chi connectivity index (χ2n) is 12.5. The van der Waals surface area contributed by atoms with Crippen LogP contribution >= 0.6 is 34.8 Å². The maximum Gasteiger partial charge on any atom is 0.417 e. The molecule has 1 fully saturated rings. The van der Waals surface area contributed by atoms with Crippen molar-refractivity contribution < 1.29 is 31.2 Å². The van der Waals surface area contributed by atoms with Gasteiger partial charge < -0.3 is 10.2 Å². The molecule has 4 aromatic rings. The van der Waals surface area contributed by atoms with Crippen LogP contribution in [0.25, 0.3) is 0 Å². The number of rotatable bonds is 12. The zero-order chi connectivity index (χ0) is 36.9. The Kier molecular flexibility index (Phi) is 12.3. The molecule has 4 aromatic carbocycles. The molecular weight excluding hydrogens is 746 g/mol. The first kappa shape index (κ1) is 38.5. The van der Waals surface area contributed by atoms with Gasteiger partial charge in [0.25, 0.3) is 10.0 Å². The van der Waals surface area contributed by atoms with Crippen molar-refractivity contribution in [3.63, 3.8) is 0 Å². The van der Waals surface area contributed by atoms with Crippen molar-refractivity contribution in [2.24, 2.45) is 0 Å². The highest BCUT2D eigenvalue weighted by atomic mass is 35.5. The molecule has 0 saturated heterocycles. The fraction of sp³-hybridized carbons (Fsp3) is 0.297. The van der Waals surface area contributed by atoms with E-state index in [-0.39, 0.29) is 33.9 Å². The number of nitrogens with one attached hydrogen (secondary N) is 1. The van der Waals surface area contributed by atoms with Gasteiger partial charge >= 0.3 is 6.18 Å². The van der Waals surface area contributed by atoms with Gasteiger partial charge in [0, 0.05) is 19.0 Å². The lowest BCUT2D eigenvalue weighted by atomic mass is 10.0. The van der Waals surface area contributed by atoms with E-state index in [2.05, 4.69) is 5.32 Å². The molecule has 0 radical (unpaired) electrons. The molecule has 7 nitrogen and oxygen atoms in total. The van der Waals surface area contributed by atoms with Crippen LogP contribution in [0.1, 0.15) is 47.9 Å². The zero-order valence-electron chi connectivity index (χ0n) is 27.5. The number of nitrogens with zero attached hydrogens (tertiary/aromatic N) is 2. The van der Waals surface area contributed by atoms with Gasteiger partial charge in [-0.25, -0.2) is 8.42 Å². The van der Waals surface area contributed by atoms with Crippen molar-refractivity contribution in [3.05, 3.63) is 128 Å². The summed E-state index contributed by atoms with van der Waals surface area (Å²) in [6.45, 7) is 0.605. The molecule has 1 saturated carbocycles. The Morgan fingerprint density at radius 2 is 1.49 bits per heavy atom. The molecule has 51 heavy (non-hydrogen) atoms. The van der Waals surface area contributed by atoms with Gasteiger partial charge in [-0.3, -0.25) is 13.9 Å². The van der Waals surface area contributed by atoms with Gasteiger partial charge in [0.05, 0.1) is 31.2 Å². The van der Waals surface area contributed by atoms with Crippen molar-refractivity contribution in [1.82, 2.24) is 10.2 Å². The first-order chi connectivity index (χ1) is 24.1. The summed E-state index contributed by atoms with van der Waals surface area (Å²) in [6.07, 6.45) is -1.44. The average Bonchev–Trinajstić information content (AvgIpc) is 3.60. The fourth-order valence-corrected chi connectivity index (χ4v) is 7.96. The van der Waals surface area contributed by atoms with Gasteiger partial charge in [0.15, 0.2) is 0 Å². The van der Waals surface area contributed by atoms with Crippen LogP contribution in [0.4, 0.5) is 18.9 Å². The smallest absolute Gasteiger partial charge is 0.352 e. The van der Waals surface area contributed by atoms with Gasteiger partial charge in [-0.1, -0.05) is 102 Å². The summed E-state index contributed by atoms with van der Waals surface area (Å²) in [5.74, 6) is -1.29. The minimum Gasteiger partial charge on any atom is -0.352 e. The van der Waals surface area contributed by atoms with Crippen molar-refractivity contribution in [2.75, 3.05) is 10.8 Å². The van der Waals surface area contributed by atoms with Gasteiger partial charge in [0.2, 0.25) is 11.8 Å². The SMILES string of the molecule is Cc1ccc(S(=O)(=O)N(CC(=O)N(Cc2ccc(Cl)c(Cl)c2)C(Cc2ccccc2)C(=O)NC2CCCC2)c2ccc(Cl)c(C(F)(F)F)c2)cc1. The molecular formula is C37H35Cl3F3N3O4S. The molecule has 0 bridgehead atoms. The number of carbonyl (C=O) groups is 2. The predicted molar refractivity (Wildman–Crippen MR) is 194 cm³/mol. The van der Waals surface area contributed by atoms with Gasteiger partial charge in [-0.05, 0) is 73.4 Å². The van der Waals surface area contributed by atoms with E-state index < -0.39 is 56.9 Å². The standard InChI is InChI=1S/C37H35Cl3F3N3O4S/c1-24-11-15-29(16-12-24)51(49,50)46(28-14-18-31(38)30(21-28)37(41,42)43)23-35(47)45(22-26-13-17-32(39)33(40)19-26)34(20-25-7-3-2-4-8-25)36(48)44-27-9-5-6-10-27/h2-4,7-8,11-19,21,27,34H,5-6,9-10,20,22-23H2,1H3,(H,44,48). The van der Waals surface area contributed by atoms with E-state index >= 15 is 0 Å². The lowest BCUT2D eigenvalue weighted by Crippen LogP contribution is -2.54. The zero-order valence-corrected chi connectivity index (χ0v) is 30.6. The van der Waals surface area contributed by atoms with Gasteiger partial charge in [-0.15, -0.1) is 0 Å². The van der Waals surface area contributed by atoms with Crippen LogP contribution in [0.15, 0.2) is 95.9 Å². The van der Waals surface area contributed by atoms with Crippen LogP contribution in [0.3, 0.4) is 0 Å². The third kappa shape index (κ3) is 9.57. The van der Waals surface area contributed by atoms with Crippen molar-refractivity contribution in [1.29, 1.82) is 0 Å². The summed E-state index contributed by atoms with van der Waals surface area (Å²) in [7, 11) is -4.65.